The van der Waals surface area contributed by atoms with Crippen molar-refractivity contribution >= 4 is 80.6 Å². The molecule has 17 nitrogen and oxygen atoms in total. The number of hydrogen-bond acceptors (Lipinski definition) is 14. The van der Waals surface area contributed by atoms with Crippen molar-refractivity contribution in [2.45, 2.75) is 102 Å². The number of piperazine rings is 1. The van der Waals surface area contributed by atoms with Gasteiger partial charge in [-0.2, -0.15) is 4.98 Å². The van der Waals surface area contributed by atoms with E-state index >= 15 is 0 Å². The zero-order chi connectivity index (χ0) is 53.1. The number of benzene rings is 3. The molecule has 0 bridgehead atoms. The molecule has 2 fully saturated rings. The average molecular weight is 1080 g/mol. The highest BCUT2D eigenvalue weighted by Crippen LogP contribution is 2.45. The Balaban J connectivity index is 0.992. The summed E-state index contributed by atoms with van der Waals surface area (Å²) in [4.78, 5) is 37.7. The largest absolute Gasteiger partial charge is 0.473 e. The number of aromatic nitrogens is 2. The molecule has 5 aromatic rings. The lowest BCUT2D eigenvalue weighted by molar-refractivity contribution is -0.384. The highest BCUT2D eigenvalue weighted by atomic mass is 35.5. The number of nitro groups is 1. The molecule has 2 atom stereocenters. The summed E-state index contributed by atoms with van der Waals surface area (Å²) >= 11 is 6.29. The molecule has 0 radical (unpaired) electrons. The Morgan fingerprint density at radius 1 is 0.987 bits per heavy atom. The number of sulfonamides is 1. The molecule has 20 heteroatoms. The number of anilines is 4. The summed E-state index contributed by atoms with van der Waals surface area (Å²) in [5, 5.41) is 16.9. The van der Waals surface area contributed by atoms with Crippen molar-refractivity contribution in [3.05, 3.63) is 111 Å². The summed E-state index contributed by atoms with van der Waals surface area (Å²) in [5.41, 5.74) is 6.87. The van der Waals surface area contributed by atoms with Crippen LogP contribution in [0.2, 0.25) is 30.7 Å². The van der Waals surface area contributed by atoms with Crippen LogP contribution in [0.5, 0.6) is 5.88 Å². The van der Waals surface area contributed by atoms with Crippen LogP contribution in [-0.2, 0) is 31.0 Å². The Morgan fingerprint density at radius 3 is 2.51 bits per heavy atom. The molecule has 4 aliphatic rings. The van der Waals surface area contributed by atoms with Gasteiger partial charge < -0.3 is 38.6 Å². The summed E-state index contributed by atoms with van der Waals surface area (Å²) in [6.45, 7) is 20.6. The van der Waals surface area contributed by atoms with Crippen LogP contribution in [0.1, 0.15) is 68.8 Å². The standard InChI is InChI=1S/C55H71ClN8O9SSi/c1-38-16-22-63(51-31-41-18-21-62(52(41)58-54(51)73-38)37-71-29-30-75(4,5)6)49-32-43(61-25-23-60(24-26-61)20-17-40-15-19-55(2,3)34-47(40)39-7-9-42(56)10-8-39)11-13-46(49)53(65)59-74(68,69)45-12-14-48(50(33-45)64(66)67)57-35-44-36-70-27-28-72-44/h7-14,18,21,31-33,38,44,57H,15-17,19-20,22-30,34-37H2,1-6H3,(H,59,65)/t38-,44+/m0/s1. The summed E-state index contributed by atoms with van der Waals surface area (Å²) in [6, 6.07) is 22.3. The molecule has 0 spiro atoms. The fraction of sp³-hybridized carbons (Fsp3) is 0.491. The van der Waals surface area contributed by atoms with Crippen LogP contribution in [0, 0.1) is 15.5 Å². The number of nitro benzene ring substituents is 1. The second-order valence-electron chi connectivity index (χ2n) is 22.3. The zero-order valence-electron chi connectivity index (χ0n) is 44.0. The van der Waals surface area contributed by atoms with Crippen LogP contribution < -0.4 is 24.6 Å². The van der Waals surface area contributed by atoms with Crippen molar-refractivity contribution < 1.29 is 37.1 Å². The fourth-order valence-corrected chi connectivity index (χ4v) is 12.1. The number of amides is 1. The number of fused-ring (bicyclic) bond motifs is 2. The number of nitrogens with zero attached hydrogens (tertiary/aromatic N) is 6. The van der Waals surface area contributed by atoms with Gasteiger partial charge in [-0.3, -0.25) is 19.8 Å². The first-order valence-electron chi connectivity index (χ1n) is 26.2. The molecular formula is C55H71ClN8O9SSi. The Morgan fingerprint density at radius 2 is 1.77 bits per heavy atom. The SMILES string of the molecule is C[C@H]1CCN(c2cc(N3CCN(CCC4=C(c5ccc(Cl)cc5)CC(C)(C)CC4)CC3)ccc2C(=O)NS(=O)(=O)c2ccc(NC[C@@H]3COCCO3)c([N+](=O)[O-])c2)c2cc3ccn(COCC[Si](C)(C)C)c3nc2O1. The number of halogens is 1. The van der Waals surface area contributed by atoms with Crippen LogP contribution in [0.3, 0.4) is 0 Å². The van der Waals surface area contributed by atoms with E-state index < -0.39 is 39.5 Å². The van der Waals surface area contributed by atoms with Gasteiger partial charge in [-0.1, -0.05) is 62.8 Å². The van der Waals surface area contributed by atoms with Gasteiger partial charge in [-0.05, 0) is 110 Å². The Bertz CT molecular complexity index is 3020. The minimum Gasteiger partial charge on any atom is -0.473 e. The Hall–Kier alpha value is -5.54. The van der Waals surface area contributed by atoms with Crippen LogP contribution in [0.4, 0.5) is 28.4 Å². The van der Waals surface area contributed by atoms with E-state index in [9.17, 15) is 23.3 Å². The number of hydrogen-bond donors (Lipinski definition) is 2. The van der Waals surface area contributed by atoms with E-state index in [0.717, 1.165) is 86.6 Å². The van der Waals surface area contributed by atoms with Crippen LogP contribution >= 0.6 is 11.6 Å². The molecule has 3 aliphatic heterocycles. The second kappa shape index (κ2) is 23.0. The van der Waals surface area contributed by atoms with Crippen molar-refractivity contribution in [2.24, 2.45) is 5.41 Å². The third kappa shape index (κ3) is 13.4. The zero-order valence-corrected chi connectivity index (χ0v) is 46.6. The maximum atomic E-state index is 14.6. The van der Waals surface area contributed by atoms with Crippen LogP contribution in [0.25, 0.3) is 16.6 Å². The molecule has 2 aromatic heterocycles. The van der Waals surface area contributed by atoms with Crippen molar-refractivity contribution in [3.8, 4) is 5.88 Å². The normalized spacial score (nSPS) is 19.6. The number of rotatable bonds is 18. The van der Waals surface area contributed by atoms with Gasteiger partial charge in [0.15, 0.2) is 0 Å². The fourth-order valence-electron chi connectivity index (χ4n) is 10.3. The number of carbonyl (C=O) groups excluding carboxylic acids is 1. The molecule has 5 heterocycles. The third-order valence-electron chi connectivity index (χ3n) is 14.7. The van der Waals surface area contributed by atoms with E-state index in [1.165, 1.54) is 28.8 Å². The molecule has 75 heavy (non-hydrogen) atoms. The van der Waals surface area contributed by atoms with Crippen molar-refractivity contribution in [3.63, 3.8) is 0 Å². The van der Waals surface area contributed by atoms with Gasteiger partial charge in [0.2, 0.25) is 5.88 Å². The molecule has 402 valence electrons. The smallest absolute Gasteiger partial charge is 0.293 e. The highest BCUT2D eigenvalue weighted by molar-refractivity contribution is 7.90. The summed E-state index contributed by atoms with van der Waals surface area (Å²) in [7, 11) is -5.92. The molecule has 2 N–H and O–H groups in total. The summed E-state index contributed by atoms with van der Waals surface area (Å²) in [5.74, 6) is -0.513. The average Bonchev–Trinajstić information content (AvgIpc) is 3.70. The predicted octanol–water partition coefficient (Wildman–Crippen LogP) is 10.3. The highest BCUT2D eigenvalue weighted by Gasteiger charge is 2.33. The van der Waals surface area contributed by atoms with Crippen molar-refractivity contribution in [1.29, 1.82) is 0 Å². The first-order valence-corrected chi connectivity index (χ1v) is 31.7. The van der Waals surface area contributed by atoms with E-state index in [2.05, 4.69) is 65.5 Å². The van der Waals surface area contributed by atoms with Gasteiger partial charge in [0.1, 0.15) is 23.8 Å². The van der Waals surface area contributed by atoms with Gasteiger partial charge in [-0.15, -0.1) is 0 Å². The number of ether oxygens (including phenoxy) is 4. The quantitative estimate of drug-likeness (QED) is 0.0366. The van der Waals surface area contributed by atoms with Gasteiger partial charge in [0, 0.05) is 95.3 Å². The number of pyridine rings is 1. The molecule has 2 saturated heterocycles. The predicted molar refractivity (Wildman–Crippen MR) is 298 cm³/mol. The first kappa shape index (κ1) is 54.3. The molecule has 9 rings (SSSR count). The van der Waals surface area contributed by atoms with Crippen LogP contribution in [0.15, 0.2) is 89.5 Å². The lowest BCUT2D eigenvalue weighted by Crippen LogP contribution is -2.46. The van der Waals surface area contributed by atoms with E-state index in [0.29, 0.717) is 69.0 Å². The van der Waals surface area contributed by atoms with E-state index in [-0.39, 0.29) is 35.4 Å². The topological polar surface area (TPSA) is 183 Å². The Kier molecular flexibility index (Phi) is 16.6. The molecule has 0 unspecified atom stereocenters. The van der Waals surface area contributed by atoms with E-state index in [1.54, 1.807) is 6.07 Å². The second-order valence-corrected chi connectivity index (χ2v) is 30.0. The minimum absolute atomic E-state index is 0.0952. The van der Waals surface area contributed by atoms with Gasteiger partial charge >= 0.3 is 0 Å². The molecule has 3 aromatic carbocycles. The Labute approximate surface area is 446 Å². The van der Waals surface area contributed by atoms with Crippen molar-refractivity contribution in [1.82, 2.24) is 19.2 Å². The molecule has 0 saturated carbocycles. The van der Waals surface area contributed by atoms with Gasteiger partial charge in [0.05, 0.1) is 53.1 Å². The van der Waals surface area contributed by atoms with Gasteiger partial charge in [0.25, 0.3) is 21.6 Å². The summed E-state index contributed by atoms with van der Waals surface area (Å²) in [6.07, 6.45) is 6.22. The lowest BCUT2D eigenvalue weighted by Gasteiger charge is -2.38. The van der Waals surface area contributed by atoms with Crippen molar-refractivity contribution in [2.75, 3.05) is 87.4 Å². The molecule has 1 aliphatic carbocycles. The van der Waals surface area contributed by atoms with Gasteiger partial charge in [-0.25, -0.2) is 13.1 Å². The first-order chi connectivity index (χ1) is 35.8. The summed E-state index contributed by atoms with van der Waals surface area (Å²) < 4.78 is 56.2. The third-order valence-corrected chi connectivity index (χ3v) is 18.0. The van der Waals surface area contributed by atoms with E-state index in [1.807, 2.05) is 59.0 Å². The maximum Gasteiger partial charge on any atom is 0.293 e. The minimum atomic E-state index is -4.63. The van der Waals surface area contributed by atoms with E-state index in [4.69, 9.17) is 35.5 Å². The monoisotopic (exact) mass is 1080 g/mol. The number of carbonyl (C=O) groups is 1. The molecule has 1 amide bonds. The lowest BCUT2D eigenvalue weighted by atomic mass is 9.72. The van der Waals surface area contributed by atoms with Crippen LogP contribution in [-0.4, -0.2) is 126 Å². The maximum absolute atomic E-state index is 14.6. The number of nitrogens with one attached hydrogen (secondary N) is 2. The number of allylic oxidation sites excluding steroid dienone is 1. The molecular weight excluding hydrogens is 1010 g/mol.